The van der Waals surface area contributed by atoms with E-state index >= 15 is 0 Å². The molecule has 1 aliphatic rings. The number of aromatic nitrogens is 3. The van der Waals surface area contributed by atoms with Crippen molar-refractivity contribution in [3.8, 4) is 11.3 Å². The van der Waals surface area contributed by atoms with Crippen molar-refractivity contribution in [3.63, 3.8) is 0 Å². The molecule has 5 nitrogen and oxygen atoms in total. The summed E-state index contributed by atoms with van der Waals surface area (Å²) in [6, 6.07) is 3.79. The van der Waals surface area contributed by atoms with Gasteiger partial charge >= 0.3 is 0 Å². The van der Waals surface area contributed by atoms with Gasteiger partial charge in [-0.2, -0.15) is 0 Å². The number of hydrogen-bond acceptors (Lipinski definition) is 4. The smallest absolute Gasteiger partial charge is 0.123 e. The van der Waals surface area contributed by atoms with E-state index in [0.717, 1.165) is 37.3 Å². The molecule has 0 bridgehead atoms. The third-order valence-electron chi connectivity index (χ3n) is 3.72. The van der Waals surface area contributed by atoms with Crippen LogP contribution in [0.2, 0.25) is 0 Å². The first-order valence-electron chi connectivity index (χ1n) is 6.51. The molecule has 3 heterocycles. The molecule has 2 aromatic heterocycles. The zero-order valence-corrected chi connectivity index (χ0v) is 11.0. The molecule has 5 heteroatoms. The lowest BCUT2D eigenvalue weighted by molar-refractivity contribution is 0.0102. The first-order chi connectivity index (χ1) is 9.19. The predicted octanol–water partition coefficient (Wildman–Crippen LogP) is 2.05. The van der Waals surface area contributed by atoms with Crippen LogP contribution in [0.15, 0.2) is 30.9 Å². The Labute approximate surface area is 112 Å². The minimum absolute atomic E-state index is 0.0362. The Morgan fingerprint density at radius 2 is 2.26 bits per heavy atom. The lowest BCUT2D eigenvalue weighted by Crippen LogP contribution is -2.38. The molecule has 0 aromatic carbocycles. The summed E-state index contributed by atoms with van der Waals surface area (Å²) in [5, 5.41) is 0. The van der Waals surface area contributed by atoms with E-state index in [-0.39, 0.29) is 5.54 Å². The molecule has 19 heavy (non-hydrogen) atoms. The van der Waals surface area contributed by atoms with Gasteiger partial charge in [0, 0.05) is 18.4 Å². The van der Waals surface area contributed by atoms with Gasteiger partial charge in [-0.3, -0.25) is 0 Å². The Kier molecular flexibility index (Phi) is 2.98. The third kappa shape index (κ3) is 2.21. The number of rotatable bonds is 2. The minimum Gasteiger partial charge on any atom is -0.384 e. The van der Waals surface area contributed by atoms with E-state index in [2.05, 4.69) is 21.5 Å². The second-order valence-electron chi connectivity index (χ2n) is 5.27. The van der Waals surface area contributed by atoms with Gasteiger partial charge in [0.25, 0.3) is 0 Å². The van der Waals surface area contributed by atoms with Crippen LogP contribution in [-0.2, 0) is 10.3 Å². The highest BCUT2D eigenvalue weighted by atomic mass is 16.5. The lowest BCUT2D eigenvalue weighted by Gasteiger charge is -2.36. The topological polar surface area (TPSA) is 66.0 Å². The van der Waals surface area contributed by atoms with Crippen molar-refractivity contribution in [2.45, 2.75) is 25.3 Å². The summed E-state index contributed by atoms with van der Waals surface area (Å²) in [7, 11) is 0. The van der Waals surface area contributed by atoms with Gasteiger partial charge in [0.2, 0.25) is 0 Å². The molecule has 2 N–H and O–H groups in total. The van der Waals surface area contributed by atoms with E-state index in [1.54, 1.807) is 6.20 Å². The summed E-state index contributed by atoms with van der Waals surface area (Å²) in [6.45, 7) is 3.78. The molecule has 2 aromatic rings. The van der Waals surface area contributed by atoms with Crippen LogP contribution >= 0.6 is 0 Å². The number of anilines is 1. The second-order valence-corrected chi connectivity index (χ2v) is 5.27. The Balaban J connectivity index is 2.00. The van der Waals surface area contributed by atoms with Crippen LogP contribution in [0.5, 0.6) is 0 Å². The maximum absolute atomic E-state index is 5.63. The zero-order valence-electron chi connectivity index (χ0n) is 11.0. The highest BCUT2D eigenvalue weighted by Crippen LogP contribution is 2.31. The predicted molar refractivity (Wildman–Crippen MR) is 73.6 cm³/mol. The number of pyridine rings is 1. The molecule has 1 saturated heterocycles. The molecule has 0 aliphatic carbocycles. The summed E-state index contributed by atoms with van der Waals surface area (Å²) >= 11 is 0. The SMILES string of the molecule is CC1(n2cncc2-c2ccc(N)nc2)CCCOC1. The summed E-state index contributed by atoms with van der Waals surface area (Å²) in [5.41, 5.74) is 7.68. The van der Waals surface area contributed by atoms with Crippen LogP contribution in [0.25, 0.3) is 11.3 Å². The molecule has 0 amide bonds. The normalized spacial score (nSPS) is 23.4. The van der Waals surface area contributed by atoms with E-state index in [0.29, 0.717) is 5.82 Å². The fraction of sp³-hybridized carbons (Fsp3) is 0.429. The van der Waals surface area contributed by atoms with Crippen molar-refractivity contribution in [2.75, 3.05) is 18.9 Å². The van der Waals surface area contributed by atoms with Crippen molar-refractivity contribution >= 4 is 5.82 Å². The fourth-order valence-corrected chi connectivity index (χ4v) is 2.60. The van der Waals surface area contributed by atoms with Gasteiger partial charge in [-0.1, -0.05) is 0 Å². The molecule has 3 rings (SSSR count). The molecule has 1 fully saturated rings. The average molecular weight is 258 g/mol. The molecule has 0 spiro atoms. The number of hydrogen-bond donors (Lipinski definition) is 1. The minimum atomic E-state index is -0.0362. The van der Waals surface area contributed by atoms with E-state index in [9.17, 15) is 0 Å². The molecule has 100 valence electrons. The Morgan fingerprint density at radius 1 is 1.37 bits per heavy atom. The average Bonchev–Trinajstić information content (AvgIpc) is 2.90. The molecule has 1 unspecified atom stereocenters. The second kappa shape index (κ2) is 4.66. The van der Waals surface area contributed by atoms with Crippen LogP contribution in [-0.4, -0.2) is 27.7 Å². The molecule has 1 atom stereocenters. The van der Waals surface area contributed by atoms with Crippen LogP contribution in [0.1, 0.15) is 19.8 Å². The van der Waals surface area contributed by atoms with Gasteiger partial charge in [-0.15, -0.1) is 0 Å². The molecule has 0 radical (unpaired) electrons. The molecular weight excluding hydrogens is 240 g/mol. The first-order valence-corrected chi connectivity index (χ1v) is 6.51. The summed E-state index contributed by atoms with van der Waals surface area (Å²) in [4.78, 5) is 8.44. The standard InChI is InChI=1S/C14H18N4O/c1-14(5-2-6-19-9-14)18-10-16-8-12(18)11-3-4-13(15)17-7-11/h3-4,7-8,10H,2,5-6,9H2,1H3,(H2,15,17). The van der Waals surface area contributed by atoms with Crippen LogP contribution in [0, 0.1) is 0 Å². The van der Waals surface area contributed by atoms with Gasteiger partial charge in [0.05, 0.1) is 30.4 Å². The van der Waals surface area contributed by atoms with Gasteiger partial charge < -0.3 is 15.0 Å². The number of nitrogens with zero attached hydrogens (tertiary/aromatic N) is 3. The largest absolute Gasteiger partial charge is 0.384 e. The van der Waals surface area contributed by atoms with Gasteiger partial charge in [-0.25, -0.2) is 9.97 Å². The highest BCUT2D eigenvalue weighted by molar-refractivity contribution is 5.59. The number of nitrogens with two attached hydrogens (primary N) is 1. The van der Waals surface area contributed by atoms with Crippen LogP contribution in [0.4, 0.5) is 5.82 Å². The third-order valence-corrected chi connectivity index (χ3v) is 3.72. The summed E-state index contributed by atoms with van der Waals surface area (Å²) in [5.74, 6) is 0.530. The monoisotopic (exact) mass is 258 g/mol. The Hall–Kier alpha value is -1.88. The quantitative estimate of drug-likeness (QED) is 0.895. The van der Waals surface area contributed by atoms with Gasteiger partial charge in [-0.05, 0) is 31.9 Å². The highest BCUT2D eigenvalue weighted by Gasteiger charge is 2.31. The number of imidazole rings is 1. The van der Waals surface area contributed by atoms with Crippen molar-refractivity contribution in [2.24, 2.45) is 0 Å². The van der Waals surface area contributed by atoms with Crippen molar-refractivity contribution in [1.82, 2.24) is 14.5 Å². The Morgan fingerprint density at radius 3 is 2.95 bits per heavy atom. The van der Waals surface area contributed by atoms with E-state index in [1.807, 2.05) is 24.7 Å². The summed E-state index contributed by atoms with van der Waals surface area (Å²) < 4.78 is 7.83. The van der Waals surface area contributed by atoms with Gasteiger partial charge in [0.15, 0.2) is 0 Å². The van der Waals surface area contributed by atoms with E-state index < -0.39 is 0 Å². The Bertz CT molecular complexity index is 555. The lowest BCUT2D eigenvalue weighted by atomic mass is 9.94. The van der Waals surface area contributed by atoms with Gasteiger partial charge in [0.1, 0.15) is 5.82 Å². The number of nitrogen functional groups attached to an aromatic ring is 1. The first kappa shape index (κ1) is 12.2. The maximum atomic E-state index is 5.63. The van der Waals surface area contributed by atoms with E-state index in [4.69, 9.17) is 10.5 Å². The van der Waals surface area contributed by atoms with Crippen molar-refractivity contribution < 1.29 is 4.74 Å². The van der Waals surface area contributed by atoms with Crippen LogP contribution in [0.3, 0.4) is 0 Å². The van der Waals surface area contributed by atoms with Crippen molar-refractivity contribution in [3.05, 3.63) is 30.9 Å². The van der Waals surface area contributed by atoms with E-state index in [1.165, 1.54) is 0 Å². The zero-order chi connectivity index (χ0) is 13.3. The maximum Gasteiger partial charge on any atom is 0.123 e. The molecular formula is C14H18N4O. The molecule has 1 aliphatic heterocycles. The fourth-order valence-electron chi connectivity index (χ4n) is 2.60. The number of ether oxygens (including phenoxy) is 1. The summed E-state index contributed by atoms with van der Waals surface area (Å²) in [6.07, 6.45) is 7.70. The molecule has 0 saturated carbocycles. The van der Waals surface area contributed by atoms with Crippen molar-refractivity contribution in [1.29, 1.82) is 0 Å². The van der Waals surface area contributed by atoms with Crippen LogP contribution < -0.4 is 5.73 Å².